The molecule has 3 aromatic rings. The number of para-hydroxylation sites is 1. The predicted molar refractivity (Wildman–Crippen MR) is 76.0 cm³/mol. The van der Waals surface area contributed by atoms with Gasteiger partial charge in [-0.1, -0.05) is 12.1 Å². The lowest BCUT2D eigenvalue weighted by atomic mass is 10.1. The number of nitrogens with zero attached hydrogens (tertiary/aromatic N) is 3. The van der Waals surface area contributed by atoms with Gasteiger partial charge in [-0.2, -0.15) is 5.10 Å². The van der Waals surface area contributed by atoms with Crippen molar-refractivity contribution in [3.8, 4) is 11.4 Å². The third kappa shape index (κ3) is 2.63. The standard InChI is InChI=1S/C13H13N5S/c1-9-16-13(18-17-9)11-4-2-3-5-12(11)14-6-10-7-19-8-15-10/h2-5,7-8,14H,6H2,1H3,(H,16,17,18). The van der Waals surface area contributed by atoms with Gasteiger partial charge in [-0.15, -0.1) is 11.3 Å². The molecule has 0 saturated carbocycles. The average Bonchev–Trinajstić information content (AvgIpc) is 3.08. The lowest BCUT2D eigenvalue weighted by Crippen LogP contribution is -2.01. The average molecular weight is 271 g/mol. The van der Waals surface area contributed by atoms with Crippen LogP contribution in [0.15, 0.2) is 35.2 Å². The number of H-pyrrole nitrogens is 1. The van der Waals surface area contributed by atoms with Crippen molar-refractivity contribution in [1.82, 2.24) is 20.2 Å². The van der Waals surface area contributed by atoms with Gasteiger partial charge in [0.25, 0.3) is 0 Å². The Bertz CT molecular complexity index is 659. The first-order valence-electron chi connectivity index (χ1n) is 5.92. The number of anilines is 1. The predicted octanol–water partition coefficient (Wildman–Crippen LogP) is 2.85. The van der Waals surface area contributed by atoms with Gasteiger partial charge in [0.15, 0.2) is 5.82 Å². The van der Waals surface area contributed by atoms with Crippen molar-refractivity contribution in [3.05, 3.63) is 46.7 Å². The van der Waals surface area contributed by atoms with Gasteiger partial charge in [-0.25, -0.2) is 9.97 Å². The maximum atomic E-state index is 4.37. The summed E-state index contributed by atoms with van der Waals surface area (Å²) in [6.45, 7) is 2.59. The summed E-state index contributed by atoms with van der Waals surface area (Å²) < 4.78 is 0. The molecule has 0 aliphatic rings. The molecule has 2 N–H and O–H groups in total. The summed E-state index contributed by atoms with van der Waals surface area (Å²) >= 11 is 1.60. The molecule has 6 heteroatoms. The van der Waals surface area contributed by atoms with Crippen LogP contribution >= 0.6 is 11.3 Å². The fourth-order valence-corrected chi connectivity index (χ4v) is 2.36. The van der Waals surface area contributed by atoms with E-state index in [0.29, 0.717) is 12.4 Å². The number of benzene rings is 1. The number of hydrogen-bond donors (Lipinski definition) is 2. The van der Waals surface area contributed by atoms with Crippen LogP contribution in [0.25, 0.3) is 11.4 Å². The molecule has 0 amide bonds. The molecule has 0 atom stereocenters. The molecule has 0 radical (unpaired) electrons. The van der Waals surface area contributed by atoms with E-state index in [1.165, 1.54) is 0 Å². The quantitative estimate of drug-likeness (QED) is 0.765. The number of aromatic nitrogens is 4. The van der Waals surface area contributed by atoms with E-state index in [4.69, 9.17) is 0 Å². The molecule has 0 spiro atoms. The Labute approximate surface area is 114 Å². The summed E-state index contributed by atoms with van der Waals surface area (Å²) in [5.74, 6) is 1.52. The fourth-order valence-electron chi connectivity index (χ4n) is 1.81. The van der Waals surface area contributed by atoms with Crippen LogP contribution in [-0.2, 0) is 6.54 Å². The van der Waals surface area contributed by atoms with Crippen molar-refractivity contribution in [2.45, 2.75) is 13.5 Å². The second kappa shape index (κ2) is 5.19. The van der Waals surface area contributed by atoms with Gasteiger partial charge in [0.2, 0.25) is 0 Å². The van der Waals surface area contributed by atoms with Crippen LogP contribution < -0.4 is 5.32 Å². The molecule has 1 aromatic carbocycles. The number of rotatable bonds is 4. The molecule has 0 fully saturated rings. The lowest BCUT2D eigenvalue weighted by molar-refractivity contribution is 1.04. The summed E-state index contributed by atoms with van der Waals surface area (Å²) in [4.78, 5) is 8.62. The van der Waals surface area contributed by atoms with Gasteiger partial charge in [-0.3, -0.25) is 5.10 Å². The molecular formula is C13H13N5S. The van der Waals surface area contributed by atoms with E-state index >= 15 is 0 Å². The van der Waals surface area contributed by atoms with Gasteiger partial charge in [0, 0.05) is 16.6 Å². The van der Waals surface area contributed by atoms with Gasteiger partial charge < -0.3 is 5.32 Å². The Hall–Kier alpha value is -2.21. The SMILES string of the molecule is Cc1nc(-c2ccccc2NCc2cscn2)n[nH]1. The first kappa shape index (κ1) is 11.9. The highest BCUT2D eigenvalue weighted by Gasteiger charge is 2.08. The zero-order chi connectivity index (χ0) is 13.1. The van der Waals surface area contributed by atoms with E-state index < -0.39 is 0 Å². The number of thiazole rings is 1. The minimum atomic E-state index is 0.698. The van der Waals surface area contributed by atoms with E-state index in [2.05, 4.69) is 25.5 Å². The van der Waals surface area contributed by atoms with Crippen molar-refractivity contribution < 1.29 is 0 Å². The van der Waals surface area contributed by atoms with Crippen LogP contribution in [0.4, 0.5) is 5.69 Å². The lowest BCUT2D eigenvalue weighted by Gasteiger charge is -2.08. The highest BCUT2D eigenvalue weighted by Crippen LogP contribution is 2.25. The van der Waals surface area contributed by atoms with E-state index in [1.54, 1.807) is 11.3 Å². The monoisotopic (exact) mass is 271 g/mol. The van der Waals surface area contributed by atoms with Crippen molar-refractivity contribution in [3.63, 3.8) is 0 Å². The smallest absolute Gasteiger partial charge is 0.183 e. The summed E-state index contributed by atoms with van der Waals surface area (Å²) in [6, 6.07) is 8.00. The Morgan fingerprint density at radius 3 is 2.95 bits per heavy atom. The molecule has 0 aliphatic heterocycles. The van der Waals surface area contributed by atoms with Crippen LogP contribution in [0.1, 0.15) is 11.5 Å². The molecule has 0 saturated heterocycles. The zero-order valence-corrected chi connectivity index (χ0v) is 11.2. The zero-order valence-electron chi connectivity index (χ0n) is 10.4. The molecular weight excluding hydrogens is 258 g/mol. The number of hydrogen-bond acceptors (Lipinski definition) is 5. The Morgan fingerprint density at radius 1 is 1.32 bits per heavy atom. The molecule has 5 nitrogen and oxygen atoms in total. The summed E-state index contributed by atoms with van der Waals surface area (Å²) in [7, 11) is 0. The molecule has 0 bridgehead atoms. The largest absolute Gasteiger partial charge is 0.379 e. The van der Waals surface area contributed by atoms with E-state index in [1.807, 2.05) is 42.1 Å². The van der Waals surface area contributed by atoms with Crippen LogP contribution in [0.3, 0.4) is 0 Å². The Kier molecular flexibility index (Phi) is 3.24. The number of nitrogens with one attached hydrogen (secondary N) is 2. The minimum Gasteiger partial charge on any atom is -0.379 e. The summed E-state index contributed by atoms with van der Waals surface area (Å²) in [6.07, 6.45) is 0. The first-order valence-corrected chi connectivity index (χ1v) is 6.86. The fraction of sp³-hybridized carbons (Fsp3) is 0.154. The number of aromatic amines is 1. The van der Waals surface area contributed by atoms with E-state index in [0.717, 1.165) is 22.8 Å². The van der Waals surface area contributed by atoms with Crippen molar-refractivity contribution in [2.75, 3.05) is 5.32 Å². The third-order valence-electron chi connectivity index (χ3n) is 2.71. The first-order chi connectivity index (χ1) is 9.33. The number of aryl methyl sites for hydroxylation is 1. The van der Waals surface area contributed by atoms with Crippen LogP contribution in [0.2, 0.25) is 0 Å². The van der Waals surface area contributed by atoms with Crippen molar-refractivity contribution in [2.24, 2.45) is 0 Å². The van der Waals surface area contributed by atoms with Gasteiger partial charge in [0.1, 0.15) is 5.82 Å². The highest BCUT2D eigenvalue weighted by atomic mass is 32.1. The molecule has 3 rings (SSSR count). The van der Waals surface area contributed by atoms with Crippen molar-refractivity contribution in [1.29, 1.82) is 0 Å². The molecule has 2 heterocycles. The molecule has 19 heavy (non-hydrogen) atoms. The summed E-state index contributed by atoms with van der Waals surface area (Å²) in [5.41, 5.74) is 4.87. The van der Waals surface area contributed by atoms with Crippen LogP contribution in [0.5, 0.6) is 0 Å². The Balaban J connectivity index is 1.85. The third-order valence-corrected chi connectivity index (χ3v) is 3.34. The molecule has 0 unspecified atom stereocenters. The van der Waals surface area contributed by atoms with E-state index in [-0.39, 0.29) is 0 Å². The van der Waals surface area contributed by atoms with Gasteiger partial charge >= 0.3 is 0 Å². The molecule has 2 aromatic heterocycles. The second-order valence-corrected chi connectivity index (χ2v) is 4.84. The second-order valence-electron chi connectivity index (χ2n) is 4.12. The van der Waals surface area contributed by atoms with Crippen LogP contribution in [-0.4, -0.2) is 20.2 Å². The molecule has 0 aliphatic carbocycles. The van der Waals surface area contributed by atoms with Gasteiger partial charge in [0.05, 0.1) is 17.7 Å². The van der Waals surface area contributed by atoms with Gasteiger partial charge in [-0.05, 0) is 19.1 Å². The topological polar surface area (TPSA) is 66.5 Å². The van der Waals surface area contributed by atoms with Crippen molar-refractivity contribution >= 4 is 17.0 Å². The minimum absolute atomic E-state index is 0.698. The van der Waals surface area contributed by atoms with Crippen LogP contribution in [0, 0.1) is 6.92 Å². The summed E-state index contributed by atoms with van der Waals surface area (Å²) in [5, 5.41) is 12.5. The van der Waals surface area contributed by atoms with E-state index in [9.17, 15) is 0 Å². The molecule has 96 valence electrons. The Morgan fingerprint density at radius 2 is 2.21 bits per heavy atom. The maximum Gasteiger partial charge on any atom is 0.183 e. The highest BCUT2D eigenvalue weighted by molar-refractivity contribution is 7.07. The normalized spacial score (nSPS) is 10.6. The maximum absolute atomic E-state index is 4.37.